The van der Waals surface area contributed by atoms with Crippen LogP contribution in [0.25, 0.3) is 6.08 Å². The Hall–Kier alpha value is -2.52. The molecule has 0 spiro atoms. The highest BCUT2D eigenvalue weighted by molar-refractivity contribution is 6.31. The summed E-state index contributed by atoms with van der Waals surface area (Å²) in [5.41, 5.74) is 1.03. The fraction of sp³-hybridized carbons (Fsp3) is 0.478. The van der Waals surface area contributed by atoms with Gasteiger partial charge in [0.1, 0.15) is 5.15 Å². The Morgan fingerprint density at radius 3 is 2.70 bits per heavy atom. The number of ether oxygens (including phenoxy) is 1. The number of hydrogen-bond donors (Lipinski definition) is 1. The molecular formula is C23H28ClF3N4O2. The zero-order chi connectivity index (χ0) is 24.0. The van der Waals surface area contributed by atoms with E-state index in [4.69, 9.17) is 16.3 Å². The molecule has 33 heavy (non-hydrogen) atoms. The second kappa shape index (κ2) is 11.1. The molecule has 0 radical (unpaired) electrons. The van der Waals surface area contributed by atoms with Crippen LogP contribution in [0.2, 0.25) is 5.15 Å². The highest BCUT2D eigenvalue weighted by Crippen LogP contribution is 2.35. The van der Waals surface area contributed by atoms with Crippen LogP contribution in [-0.2, 0) is 28.8 Å². The summed E-state index contributed by atoms with van der Waals surface area (Å²) in [5, 5.41) is 7.33. The molecule has 0 unspecified atom stereocenters. The van der Waals surface area contributed by atoms with Crippen molar-refractivity contribution < 1.29 is 22.7 Å². The third-order valence-corrected chi connectivity index (χ3v) is 5.86. The van der Waals surface area contributed by atoms with Crippen molar-refractivity contribution in [3.05, 3.63) is 51.8 Å². The molecule has 0 atom stereocenters. The summed E-state index contributed by atoms with van der Waals surface area (Å²) in [6.07, 6.45) is 0.187. The molecule has 1 N–H and O–H groups in total. The third kappa shape index (κ3) is 6.51. The van der Waals surface area contributed by atoms with E-state index in [1.165, 1.54) is 18.2 Å². The first-order chi connectivity index (χ1) is 15.7. The van der Waals surface area contributed by atoms with Crippen LogP contribution in [0.1, 0.15) is 42.1 Å². The summed E-state index contributed by atoms with van der Waals surface area (Å²) in [4.78, 5) is 14.2. The monoisotopic (exact) mass is 484 g/mol. The molecule has 3 rings (SSSR count). The van der Waals surface area contributed by atoms with E-state index >= 15 is 0 Å². The number of anilines is 1. The van der Waals surface area contributed by atoms with Gasteiger partial charge in [0.05, 0.1) is 24.5 Å². The summed E-state index contributed by atoms with van der Waals surface area (Å²) in [7, 11) is 0. The number of nitrogens with zero attached hydrogens (tertiary/aromatic N) is 3. The minimum Gasteiger partial charge on any atom is -0.378 e. The molecule has 2 aromatic rings. The summed E-state index contributed by atoms with van der Waals surface area (Å²) in [5.74, 6) is -0.517. The highest BCUT2D eigenvalue weighted by Gasteiger charge is 2.34. The SMILES string of the molecule is CCCCn1nc(C)c(/C=C/C(=O)NCc2ccc(N3CCOCC3)cc2C(F)(F)F)c1Cl. The Labute approximate surface area is 196 Å². The number of carbonyl (C=O) groups is 1. The molecule has 1 aliphatic heterocycles. The molecule has 0 bridgehead atoms. The van der Waals surface area contributed by atoms with Crippen molar-refractivity contribution in [2.24, 2.45) is 0 Å². The zero-order valence-electron chi connectivity index (χ0n) is 18.7. The normalized spacial score (nSPS) is 14.8. The highest BCUT2D eigenvalue weighted by atomic mass is 35.5. The van der Waals surface area contributed by atoms with Crippen LogP contribution in [0.4, 0.5) is 18.9 Å². The summed E-state index contributed by atoms with van der Waals surface area (Å²) < 4.78 is 48.0. The zero-order valence-corrected chi connectivity index (χ0v) is 19.5. The number of aromatic nitrogens is 2. The van der Waals surface area contributed by atoms with Crippen molar-refractivity contribution in [2.45, 2.75) is 46.0 Å². The van der Waals surface area contributed by atoms with Gasteiger partial charge in [0.2, 0.25) is 5.91 Å². The van der Waals surface area contributed by atoms with Crippen LogP contribution in [0.5, 0.6) is 0 Å². The molecule has 1 fully saturated rings. The molecular weight excluding hydrogens is 457 g/mol. The first-order valence-corrected chi connectivity index (χ1v) is 11.3. The van der Waals surface area contributed by atoms with Crippen molar-refractivity contribution in [3.63, 3.8) is 0 Å². The van der Waals surface area contributed by atoms with Gasteiger partial charge < -0.3 is 15.0 Å². The molecule has 10 heteroatoms. The molecule has 1 aliphatic rings. The second-order valence-electron chi connectivity index (χ2n) is 7.86. The lowest BCUT2D eigenvalue weighted by Gasteiger charge is -2.29. The summed E-state index contributed by atoms with van der Waals surface area (Å²) >= 11 is 6.35. The van der Waals surface area contributed by atoms with Gasteiger partial charge in [-0.1, -0.05) is 31.0 Å². The van der Waals surface area contributed by atoms with Crippen molar-refractivity contribution >= 4 is 29.3 Å². The lowest BCUT2D eigenvalue weighted by atomic mass is 10.0. The minimum atomic E-state index is -4.53. The van der Waals surface area contributed by atoms with Crippen LogP contribution in [0, 0.1) is 6.92 Å². The van der Waals surface area contributed by atoms with Gasteiger partial charge in [0.25, 0.3) is 0 Å². The number of unbranched alkanes of at least 4 members (excludes halogenated alkanes) is 1. The van der Waals surface area contributed by atoms with Gasteiger partial charge in [-0.2, -0.15) is 18.3 Å². The van der Waals surface area contributed by atoms with Gasteiger partial charge in [-0.25, -0.2) is 0 Å². The van der Waals surface area contributed by atoms with Gasteiger partial charge >= 0.3 is 6.18 Å². The Morgan fingerprint density at radius 1 is 1.30 bits per heavy atom. The topological polar surface area (TPSA) is 59.4 Å². The molecule has 1 aromatic carbocycles. The maximum atomic E-state index is 13.7. The number of nitrogens with one attached hydrogen (secondary N) is 1. The fourth-order valence-electron chi connectivity index (χ4n) is 3.61. The Balaban J connectivity index is 1.69. The van der Waals surface area contributed by atoms with Crippen LogP contribution in [0.3, 0.4) is 0 Å². The van der Waals surface area contributed by atoms with Crippen molar-refractivity contribution in [2.75, 3.05) is 31.2 Å². The number of amides is 1. The molecule has 2 heterocycles. The van der Waals surface area contributed by atoms with E-state index in [1.54, 1.807) is 17.7 Å². The number of benzene rings is 1. The Kier molecular flexibility index (Phi) is 8.42. The predicted molar refractivity (Wildman–Crippen MR) is 122 cm³/mol. The van der Waals surface area contributed by atoms with Crippen LogP contribution in [-0.4, -0.2) is 42.0 Å². The standard InChI is InChI=1S/C23H28ClF3N4O2/c1-3-4-9-31-22(24)19(16(2)29-31)7-8-21(32)28-15-17-5-6-18(14-20(17)23(25,26)27)30-10-12-33-13-11-30/h5-8,14H,3-4,9-13,15H2,1-2H3,(H,28,32)/b8-7+. The maximum absolute atomic E-state index is 13.7. The number of halogens is 4. The van der Waals surface area contributed by atoms with Crippen molar-refractivity contribution in [1.29, 1.82) is 0 Å². The van der Waals surface area contributed by atoms with Crippen molar-refractivity contribution in [3.8, 4) is 0 Å². The largest absolute Gasteiger partial charge is 0.416 e. The molecule has 1 amide bonds. The minimum absolute atomic E-state index is 0.00265. The lowest BCUT2D eigenvalue weighted by molar-refractivity contribution is -0.138. The average molecular weight is 485 g/mol. The first-order valence-electron chi connectivity index (χ1n) is 10.9. The van der Waals surface area contributed by atoms with E-state index in [0.29, 0.717) is 54.9 Å². The number of aryl methyl sites for hydroxylation is 2. The Morgan fingerprint density at radius 2 is 2.03 bits per heavy atom. The lowest BCUT2D eigenvalue weighted by Crippen LogP contribution is -2.36. The van der Waals surface area contributed by atoms with Crippen LogP contribution >= 0.6 is 11.6 Å². The number of carbonyl (C=O) groups excluding carboxylic acids is 1. The summed E-state index contributed by atoms with van der Waals surface area (Å²) in [6, 6.07) is 4.19. The van der Waals surface area contributed by atoms with Gasteiger partial charge in [-0.15, -0.1) is 0 Å². The van der Waals surface area contributed by atoms with E-state index in [9.17, 15) is 18.0 Å². The van der Waals surface area contributed by atoms with Crippen LogP contribution < -0.4 is 10.2 Å². The predicted octanol–water partition coefficient (Wildman–Crippen LogP) is 4.83. The van der Waals surface area contributed by atoms with Gasteiger partial charge in [0.15, 0.2) is 0 Å². The Bertz CT molecular complexity index is 998. The van der Waals surface area contributed by atoms with Crippen LogP contribution in [0.15, 0.2) is 24.3 Å². The quantitative estimate of drug-likeness (QED) is 0.545. The molecule has 1 aromatic heterocycles. The van der Waals surface area contributed by atoms with E-state index in [-0.39, 0.29) is 12.1 Å². The molecule has 6 nitrogen and oxygen atoms in total. The maximum Gasteiger partial charge on any atom is 0.416 e. The van der Waals surface area contributed by atoms with E-state index in [0.717, 1.165) is 18.9 Å². The molecule has 180 valence electrons. The molecule has 0 saturated carbocycles. The smallest absolute Gasteiger partial charge is 0.378 e. The molecule has 0 aliphatic carbocycles. The van der Waals surface area contributed by atoms with Gasteiger partial charge in [0, 0.05) is 43.5 Å². The molecule has 1 saturated heterocycles. The van der Waals surface area contributed by atoms with Gasteiger partial charge in [-0.05, 0) is 37.1 Å². The average Bonchev–Trinajstić information content (AvgIpc) is 3.07. The number of alkyl halides is 3. The van der Waals surface area contributed by atoms with E-state index < -0.39 is 17.6 Å². The third-order valence-electron chi connectivity index (χ3n) is 5.46. The van der Waals surface area contributed by atoms with E-state index in [1.807, 2.05) is 4.90 Å². The van der Waals surface area contributed by atoms with Crippen molar-refractivity contribution in [1.82, 2.24) is 15.1 Å². The summed E-state index contributed by atoms with van der Waals surface area (Å²) in [6.45, 7) is 6.32. The first kappa shape index (κ1) is 25.1. The fourth-order valence-corrected chi connectivity index (χ4v) is 3.94. The number of hydrogen-bond acceptors (Lipinski definition) is 4. The number of rotatable bonds is 8. The number of morpholine rings is 1. The van der Waals surface area contributed by atoms with E-state index in [2.05, 4.69) is 17.3 Å². The second-order valence-corrected chi connectivity index (χ2v) is 8.21. The van der Waals surface area contributed by atoms with Gasteiger partial charge in [-0.3, -0.25) is 9.48 Å².